The Morgan fingerprint density at radius 1 is 1.28 bits per heavy atom. The van der Waals surface area contributed by atoms with E-state index in [4.69, 9.17) is 39.4 Å². The van der Waals surface area contributed by atoms with E-state index < -0.39 is 5.79 Å². The molecule has 0 spiro atoms. The van der Waals surface area contributed by atoms with Crippen LogP contribution in [0.4, 0.5) is 0 Å². The third kappa shape index (κ3) is 5.01. The number of piperidine rings is 1. The molecule has 0 saturated carbocycles. The number of amidine groups is 1. The minimum absolute atomic E-state index is 0.185. The molecule has 2 aliphatic rings. The van der Waals surface area contributed by atoms with Gasteiger partial charge in [-0.25, -0.2) is 4.99 Å². The summed E-state index contributed by atoms with van der Waals surface area (Å²) in [6.07, 6.45) is 6.24. The van der Waals surface area contributed by atoms with Crippen molar-refractivity contribution in [1.82, 2.24) is 10.2 Å². The SMILES string of the molecule is NC1=NC(N)(CCN2CCC(Oc3ccc(Cl)c(Cl)c3)CC2)NC=C1. The van der Waals surface area contributed by atoms with E-state index in [0.29, 0.717) is 22.3 Å². The standard InChI is InChI=1S/C17H23Cl2N5O/c18-14-2-1-13(11-15(14)19)25-12-4-8-24(9-5-12)10-6-17(21)22-7-3-16(20)23-17/h1-3,7,11-12,22H,4-6,8-10,21H2,(H2,20,23). The zero-order chi connectivity index (χ0) is 17.9. The number of hydrogen-bond acceptors (Lipinski definition) is 6. The number of benzene rings is 1. The molecule has 1 fully saturated rings. The third-order valence-corrected chi connectivity index (χ3v) is 5.19. The van der Waals surface area contributed by atoms with Crippen LogP contribution in [0.5, 0.6) is 5.75 Å². The molecule has 0 amide bonds. The predicted molar refractivity (Wildman–Crippen MR) is 102 cm³/mol. The molecule has 2 aliphatic heterocycles. The fourth-order valence-corrected chi connectivity index (χ4v) is 3.31. The molecule has 1 unspecified atom stereocenters. The van der Waals surface area contributed by atoms with Gasteiger partial charge in [-0.1, -0.05) is 23.2 Å². The van der Waals surface area contributed by atoms with Gasteiger partial charge in [-0.05, 0) is 31.1 Å². The molecule has 1 atom stereocenters. The van der Waals surface area contributed by atoms with Gasteiger partial charge < -0.3 is 20.7 Å². The second-order valence-corrected chi connectivity index (χ2v) is 7.24. The van der Waals surface area contributed by atoms with Crippen LogP contribution in [0.1, 0.15) is 19.3 Å². The minimum Gasteiger partial charge on any atom is -0.490 e. The fraction of sp³-hybridized carbons (Fsp3) is 0.471. The quantitative estimate of drug-likeness (QED) is 0.725. The molecule has 6 nitrogen and oxygen atoms in total. The zero-order valence-electron chi connectivity index (χ0n) is 13.9. The van der Waals surface area contributed by atoms with Gasteiger partial charge in [-0.2, -0.15) is 0 Å². The Kier molecular flexibility index (Phi) is 5.74. The highest BCUT2D eigenvalue weighted by atomic mass is 35.5. The molecule has 0 bridgehead atoms. The van der Waals surface area contributed by atoms with Gasteiger partial charge in [0.05, 0.1) is 10.0 Å². The van der Waals surface area contributed by atoms with Gasteiger partial charge in [-0.3, -0.25) is 5.73 Å². The lowest BCUT2D eigenvalue weighted by atomic mass is 10.1. The number of ether oxygens (including phenoxy) is 1. The van der Waals surface area contributed by atoms with E-state index in [9.17, 15) is 0 Å². The molecular weight excluding hydrogens is 361 g/mol. The number of likely N-dealkylation sites (tertiary alicyclic amines) is 1. The Morgan fingerprint density at radius 2 is 2.04 bits per heavy atom. The Labute approximate surface area is 157 Å². The summed E-state index contributed by atoms with van der Waals surface area (Å²) in [5.74, 6) is 0.401. The second kappa shape index (κ2) is 7.83. The zero-order valence-corrected chi connectivity index (χ0v) is 15.4. The molecule has 8 heteroatoms. The van der Waals surface area contributed by atoms with E-state index >= 15 is 0 Å². The molecule has 1 aromatic rings. The van der Waals surface area contributed by atoms with Crippen LogP contribution in [-0.2, 0) is 0 Å². The molecule has 0 aromatic heterocycles. The number of nitrogens with two attached hydrogens (primary N) is 2. The van der Waals surface area contributed by atoms with Gasteiger partial charge in [-0.15, -0.1) is 0 Å². The molecular formula is C17H23Cl2N5O. The lowest BCUT2D eigenvalue weighted by Gasteiger charge is -2.35. The maximum absolute atomic E-state index is 6.22. The number of rotatable bonds is 5. The van der Waals surface area contributed by atoms with Crippen LogP contribution < -0.4 is 21.5 Å². The van der Waals surface area contributed by atoms with Crippen LogP contribution >= 0.6 is 23.2 Å². The molecule has 0 aliphatic carbocycles. The van der Waals surface area contributed by atoms with Crippen molar-refractivity contribution in [3.05, 3.63) is 40.5 Å². The summed E-state index contributed by atoms with van der Waals surface area (Å²) in [6.45, 7) is 2.77. The van der Waals surface area contributed by atoms with Gasteiger partial charge in [0, 0.05) is 38.3 Å². The van der Waals surface area contributed by atoms with E-state index in [-0.39, 0.29) is 6.10 Å². The molecule has 5 N–H and O–H groups in total. The van der Waals surface area contributed by atoms with Crippen LogP contribution in [-0.4, -0.2) is 42.3 Å². The Bertz CT molecular complexity index is 673. The number of hydrogen-bond donors (Lipinski definition) is 3. The molecule has 0 radical (unpaired) electrons. The van der Waals surface area contributed by atoms with Crippen LogP contribution in [0.15, 0.2) is 35.5 Å². The first kappa shape index (κ1) is 18.3. The lowest BCUT2D eigenvalue weighted by molar-refractivity contribution is 0.0949. The van der Waals surface area contributed by atoms with Crippen LogP contribution in [0.2, 0.25) is 10.0 Å². The molecule has 1 saturated heterocycles. The van der Waals surface area contributed by atoms with Crippen LogP contribution in [0, 0.1) is 0 Å². The normalized spacial score (nSPS) is 24.7. The van der Waals surface area contributed by atoms with E-state index in [1.54, 1.807) is 24.4 Å². The van der Waals surface area contributed by atoms with Crippen LogP contribution in [0.25, 0.3) is 0 Å². The van der Waals surface area contributed by atoms with E-state index in [1.807, 2.05) is 6.07 Å². The maximum atomic E-state index is 6.22. The van der Waals surface area contributed by atoms with Gasteiger partial charge in [0.2, 0.25) is 0 Å². The highest BCUT2D eigenvalue weighted by molar-refractivity contribution is 6.42. The van der Waals surface area contributed by atoms with Gasteiger partial charge >= 0.3 is 0 Å². The third-order valence-electron chi connectivity index (χ3n) is 4.45. The molecule has 3 rings (SSSR count). The average Bonchev–Trinajstić information content (AvgIpc) is 2.57. The molecule has 2 heterocycles. The van der Waals surface area contributed by atoms with Crippen molar-refractivity contribution in [1.29, 1.82) is 0 Å². The second-order valence-electron chi connectivity index (χ2n) is 6.42. The van der Waals surface area contributed by atoms with E-state index in [2.05, 4.69) is 15.2 Å². The smallest absolute Gasteiger partial charge is 0.185 e. The first-order valence-corrected chi connectivity index (χ1v) is 9.12. The summed E-state index contributed by atoms with van der Waals surface area (Å²) in [5, 5.41) is 4.12. The number of nitrogens with one attached hydrogen (secondary N) is 1. The Hall–Kier alpha value is -1.47. The summed E-state index contributed by atoms with van der Waals surface area (Å²) < 4.78 is 6.01. The first-order valence-electron chi connectivity index (χ1n) is 8.36. The molecule has 136 valence electrons. The maximum Gasteiger partial charge on any atom is 0.185 e. The van der Waals surface area contributed by atoms with Crippen molar-refractivity contribution in [2.45, 2.75) is 31.2 Å². The van der Waals surface area contributed by atoms with Crippen molar-refractivity contribution >= 4 is 29.0 Å². The van der Waals surface area contributed by atoms with Gasteiger partial charge in [0.15, 0.2) is 5.79 Å². The van der Waals surface area contributed by atoms with Crippen molar-refractivity contribution in [3.8, 4) is 5.75 Å². The fourth-order valence-electron chi connectivity index (χ4n) is 3.02. The van der Waals surface area contributed by atoms with Crippen molar-refractivity contribution in [3.63, 3.8) is 0 Å². The minimum atomic E-state index is -0.813. The van der Waals surface area contributed by atoms with Crippen LogP contribution in [0.3, 0.4) is 0 Å². The summed E-state index contributed by atoms with van der Waals surface area (Å²) >= 11 is 12.0. The monoisotopic (exact) mass is 383 g/mol. The van der Waals surface area contributed by atoms with E-state index in [1.165, 1.54) is 0 Å². The van der Waals surface area contributed by atoms with Gasteiger partial charge in [0.25, 0.3) is 0 Å². The molecule has 1 aromatic carbocycles. The van der Waals surface area contributed by atoms with E-state index in [0.717, 1.165) is 38.2 Å². The lowest BCUT2D eigenvalue weighted by Crippen LogP contribution is -2.54. The number of aliphatic imine (C=N–C) groups is 1. The highest BCUT2D eigenvalue weighted by Crippen LogP contribution is 2.28. The summed E-state index contributed by atoms with van der Waals surface area (Å²) in [6, 6.07) is 5.37. The Morgan fingerprint density at radius 3 is 2.72 bits per heavy atom. The van der Waals surface area contributed by atoms with Gasteiger partial charge in [0.1, 0.15) is 17.7 Å². The average molecular weight is 384 g/mol. The highest BCUT2D eigenvalue weighted by Gasteiger charge is 2.27. The predicted octanol–water partition coefficient (Wildman–Crippen LogP) is 2.31. The van der Waals surface area contributed by atoms with Crippen molar-refractivity contribution in [2.75, 3.05) is 19.6 Å². The topological polar surface area (TPSA) is 88.9 Å². The summed E-state index contributed by atoms with van der Waals surface area (Å²) in [5.41, 5.74) is 11.9. The van der Waals surface area contributed by atoms with Crippen molar-refractivity contribution < 1.29 is 4.74 Å². The molecule has 25 heavy (non-hydrogen) atoms. The Balaban J connectivity index is 1.44. The summed E-state index contributed by atoms with van der Waals surface area (Å²) in [4.78, 5) is 6.65. The summed E-state index contributed by atoms with van der Waals surface area (Å²) in [7, 11) is 0. The van der Waals surface area contributed by atoms with Crippen molar-refractivity contribution in [2.24, 2.45) is 16.5 Å². The largest absolute Gasteiger partial charge is 0.490 e. The number of nitrogens with zero attached hydrogens (tertiary/aromatic N) is 2. The first-order chi connectivity index (χ1) is 11.9. The number of halogens is 2.